The van der Waals surface area contributed by atoms with Crippen LogP contribution in [0.1, 0.15) is 23.6 Å². The number of rotatable bonds is 5. The fourth-order valence-electron chi connectivity index (χ4n) is 2.32. The van der Waals surface area contributed by atoms with Crippen LogP contribution in [0, 0.1) is 13.8 Å². The first-order chi connectivity index (χ1) is 11.6. The number of anilines is 1. The van der Waals surface area contributed by atoms with Gasteiger partial charge in [0.2, 0.25) is 5.91 Å². The summed E-state index contributed by atoms with van der Waals surface area (Å²) >= 11 is 0. The van der Waals surface area contributed by atoms with Gasteiger partial charge in [0.25, 0.3) is 0 Å². The number of pyridine rings is 1. The molecule has 3 aromatic rings. The third-order valence-corrected chi connectivity index (χ3v) is 3.61. The predicted octanol–water partition coefficient (Wildman–Crippen LogP) is 3.92. The highest BCUT2D eigenvalue weighted by molar-refractivity contribution is 5.89. The van der Waals surface area contributed by atoms with Crippen molar-refractivity contribution in [3.05, 3.63) is 65.8 Å². The predicted molar refractivity (Wildman–Crippen MR) is 92.6 cm³/mol. The Morgan fingerprint density at radius 1 is 1.12 bits per heavy atom. The summed E-state index contributed by atoms with van der Waals surface area (Å²) < 4.78 is 5.72. The monoisotopic (exact) mass is 321 g/mol. The smallest absolute Gasteiger partial charge is 0.226 e. The van der Waals surface area contributed by atoms with Crippen LogP contribution in [0.15, 0.2) is 53.1 Å². The van der Waals surface area contributed by atoms with Gasteiger partial charge in [-0.05, 0) is 26.0 Å². The van der Waals surface area contributed by atoms with E-state index < -0.39 is 0 Å². The third kappa shape index (κ3) is 4.07. The van der Waals surface area contributed by atoms with Gasteiger partial charge in [-0.1, -0.05) is 35.9 Å². The van der Waals surface area contributed by atoms with Crippen molar-refractivity contribution in [1.29, 1.82) is 0 Å². The first-order valence-electron chi connectivity index (χ1n) is 7.85. The Balaban J connectivity index is 1.57. The van der Waals surface area contributed by atoms with Crippen LogP contribution in [-0.4, -0.2) is 15.9 Å². The van der Waals surface area contributed by atoms with E-state index in [1.807, 2.05) is 50.2 Å². The molecule has 1 N–H and O–H groups in total. The first kappa shape index (κ1) is 15.9. The van der Waals surface area contributed by atoms with Gasteiger partial charge >= 0.3 is 0 Å². The van der Waals surface area contributed by atoms with Crippen LogP contribution in [0.2, 0.25) is 0 Å². The van der Waals surface area contributed by atoms with Gasteiger partial charge in [-0.3, -0.25) is 4.79 Å². The van der Waals surface area contributed by atoms with E-state index in [4.69, 9.17) is 4.42 Å². The van der Waals surface area contributed by atoms with Crippen LogP contribution in [0.3, 0.4) is 0 Å². The van der Waals surface area contributed by atoms with Gasteiger partial charge in [0.1, 0.15) is 5.82 Å². The summed E-state index contributed by atoms with van der Waals surface area (Å²) in [6.45, 7) is 3.92. The SMILES string of the molecule is Cc1ccc(-c2cnc(CCC(=O)Nc3cccc(C)n3)o2)cc1. The molecule has 0 fully saturated rings. The summed E-state index contributed by atoms with van der Waals surface area (Å²) in [5, 5.41) is 2.78. The van der Waals surface area contributed by atoms with E-state index in [1.165, 1.54) is 5.56 Å². The quantitative estimate of drug-likeness (QED) is 0.773. The Hall–Kier alpha value is -2.95. The van der Waals surface area contributed by atoms with Crippen molar-refractivity contribution < 1.29 is 9.21 Å². The second-order valence-corrected chi connectivity index (χ2v) is 5.70. The lowest BCUT2D eigenvalue weighted by Crippen LogP contribution is -2.13. The molecular weight excluding hydrogens is 302 g/mol. The van der Waals surface area contributed by atoms with E-state index in [0.717, 1.165) is 11.3 Å². The molecule has 0 aliphatic carbocycles. The molecule has 0 aliphatic heterocycles. The highest BCUT2D eigenvalue weighted by Crippen LogP contribution is 2.21. The van der Waals surface area contributed by atoms with E-state index in [2.05, 4.69) is 15.3 Å². The molecule has 1 amide bonds. The summed E-state index contributed by atoms with van der Waals surface area (Å²) in [6.07, 6.45) is 2.44. The molecule has 2 aromatic heterocycles. The Labute approximate surface area is 140 Å². The van der Waals surface area contributed by atoms with Gasteiger partial charge in [-0.2, -0.15) is 0 Å². The van der Waals surface area contributed by atoms with Gasteiger partial charge in [0.15, 0.2) is 11.7 Å². The number of aromatic nitrogens is 2. The molecule has 0 aliphatic rings. The second kappa shape index (κ2) is 7.08. The molecule has 2 heterocycles. The molecule has 0 unspecified atom stereocenters. The molecule has 0 bridgehead atoms. The largest absolute Gasteiger partial charge is 0.441 e. The van der Waals surface area contributed by atoms with E-state index in [9.17, 15) is 4.79 Å². The highest BCUT2D eigenvalue weighted by Gasteiger charge is 2.09. The molecule has 0 radical (unpaired) electrons. The zero-order valence-electron chi connectivity index (χ0n) is 13.7. The molecule has 0 saturated heterocycles. The summed E-state index contributed by atoms with van der Waals surface area (Å²) in [7, 11) is 0. The minimum Gasteiger partial charge on any atom is -0.441 e. The lowest BCUT2D eigenvalue weighted by atomic mass is 10.1. The molecule has 0 saturated carbocycles. The fourth-order valence-corrected chi connectivity index (χ4v) is 2.32. The average molecular weight is 321 g/mol. The fraction of sp³-hybridized carbons (Fsp3) is 0.211. The van der Waals surface area contributed by atoms with Gasteiger partial charge in [-0.15, -0.1) is 0 Å². The summed E-state index contributed by atoms with van der Waals surface area (Å²) in [4.78, 5) is 20.5. The molecule has 5 heteroatoms. The van der Waals surface area contributed by atoms with Gasteiger partial charge in [0, 0.05) is 24.1 Å². The van der Waals surface area contributed by atoms with Crippen LogP contribution in [0.4, 0.5) is 5.82 Å². The number of nitrogens with one attached hydrogen (secondary N) is 1. The molecular formula is C19H19N3O2. The molecule has 5 nitrogen and oxygen atoms in total. The normalized spacial score (nSPS) is 10.6. The first-order valence-corrected chi connectivity index (χ1v) is 7.85. The van der Waals surface area contributed by atoms with Crippen molar-refractivity contribution in [3.63, 3.8) is 0 Å². The van der Waals surface area contributed by atoms with Gasteiger partial charge in [0.05, 0.1) is 6.20 Å². The van der Waals surface area contributed by atoms with Gasteiger partial charge in [-0.25, -0.2) is 9.97 Å². The van der Waals surface area contributed by atoms with Gasteiger partial charge < -0.3 is 9.73 Å². The van der Waals surface area contributed by atoms with Crippen molar-refractivity contribution >= 4 is 11.7 Å². The van der Waals surface area contributed by atoms with Crippen LogP contribution in [0.5, 0.6) is 0 Å². The number of oxazole rings is 1. The van der Waals surface area contributed by atoms with Crippen LogP contribution in [-0.2, 0) is 11.2 Å². The van der Waals surface area contributed by atoms with Crippen molar-refractivity contribution in [2.75, 3.05) is 5.32 Å². The highest BCUT2D eigenvalue weighted by atomic mass is 16.4. The zero-order valence-corrected chi connectivity index (χ0v) is 13.7. The average Bonchev–Trinajstić information content (AvgIpc) is 3.03. The maximum Gasteiger partial charge on any atom is 0.226 e. The Morgan fingerprint density at radius 2 is 1.92 bits per heavy atom. The van der Waals surface area contributed by atoms with Crippen molar-refractivity contribution in [2.24, 2.45) is 0 Å². The van der Waals surface area contributed by atoms with E-state index in [0.29, 0.717) is 30.3 Å². The molecule has 0 spiro atoms. The number of nitrogens with zero attached hydrogens (tertiary/aromatic N) is 2. The second-order valence-electron chi connectivity index (χ2n) is 5.70. The third-order valence-electron chi connectivity index (χ3n) is 3.61. The van der Waals surface area contributed by atoms with E-state index in [-0.39, 0.29) is 5.91 Å². The Kier molecular flexibility index (Phi) is 4.70. The number of hydrogen-bond acceptors (Lipinski definition) is 4. The number of carbonyl (C=O) groups excluding carboxylic acids is 1. The number of benzene rings is 1. The van der Waals surface area contributed by atoms with Crippen molar-refractivity contribution in [2.45, 2.75) is 26.7 Å². The Bertz CT molecular complexity index is 838. The van der Waals surface area contributed by atoms with Crippen LogP contribution >= 0.6 is 0 Å². The van der Waals surface area contributed by atoms with Crippen molar-refractivity contribution in [3.8, 4) is 11.3 Å². The number of aryl methyl sites for hydroxylation is 3. The Morgan fingerprint density at radius 3 is 2.67 bits per heavy atom. The molecule has 0 atom stereocenters. The topological polar surface area (TPSA) is 68.0 Å². The molecule has 24 heavy (non-hydrogen) atoms. The van der Waals surface area contributed by atoms with Crippen LogP contribution in [0.25, 0.3) is 11.3 Å². The maximum absolute atomic E-state index is 12.0. The molecule has 122 valence electrons. The number of hydrogen-bond donors (Lipinski definition) is 1. The number of amides is 1. The van der Waals surface area contributed by atoms with Crippen LogP contribution < -0.4 is 5.32 Å². The standard InChI is InChI=1S/C19H19N3O2/c1-13-6-8-15(9-7-13)16-12-20-19(24-16)11-10-18(23)22-17-5-3-4-14(2)21-17/h3-9,12H,10-11H2,1-2H3,(H,21,22,23). The lowest BCUT2D eigenvalue weighted by Gasteiger charge is -2.04. The summed E-state index contributed by atoms with van der Waals surface area (Å²) in [5.41, 5.74) is 3.04. The summed E-state index contributed by atoms with van der Waals surface area (Å²) in [6, 6.07) is 13.6. The minimum absolute atomic E-state index is 0.108. The van der Waals surface area contributed by atoms with E-state index in [1.54, 1.807) is 12.3 Å². The minimum atomic E-state index is -0.108. The zero-order chi connectivity index (χ0) is 16.9. The maximum atomic E-state index is 12.0. The lowest BCUT2D eigenvalue weighted by molar-refractivity contribution is -0.116. The van der Waals surface area contributed by atoms with Crippen molar-refractivity contribution in [1.82, 2.24) is 9.97 Å². The molecule has 1 aromatic carbocycles. The van der Waals surface area contributed by atoms with E-state index >= 15 is 0 Å². The summed E-state index contributed by atoms with van der Waals surface area (Å²) in [5.74, 6) is 1.72. The molecule has 3 rings (SSSR count). The number of carbonyl (C=O) groups is 1.